The summed E-state index contributed by atoms with van der Waals surface area (Å²) < 4.78 is 37.2. The van der Waals surface area contributed by atoms with Crippen molar-refractivity contribution in [1.29, 1.82) is 0 Å². The molecule has 13 heavy (non-hydrogen) atoms. The summed E-state index contributed by atoms with van der Waals surface area (Å²) in [7, 11) is 0. The average Bonchev–Trinajstić information content (AvgIpc) is 2.48. The molecule has 0 saturated carbocycles. The molecule has 0 radical (unpaired) electrons. The van der Waals surface area contributed by atoms with Crippen molar-refractivity contribution in [2.24, 2.45) is 0 Å². The van der Waals surface area contributed by atoms with Gasteiger partial charge in [0, 0.05) is 18.3 Å². The van der Waals surface area contributed by atoms with E-state index in [0.717, 1.165) is 6.20 Å². The van der Waals surface area contributed by atoms with E-state index in [4.69, 9.17) is 5.11 Å². The molecule has 0 amide bonds. The van der Waals surface area contributed by atoms with Gasteiger partial charge in [-0.2, -0.15) is 18.3 Å². The first-order valence-corrected chi connectivity index (χ1v) is 3.72. The first-order chi connectivity index (χ1) is 5.95. The van der Waals surface area contributed by atoms with Crippen molar-refractivity contribution in [1.82, 2.24) is 9.78 Å². The SMILES string of the molecule is CCn1cc([C@@H](O)C(F)(F)F)cn1. The molecule has 0 aliphatic carbocycles. The minimum Gasteiger partial charge on any atom is -0.379 e. The third-order valence-electron chi connectivity index (χ3n) is 1.60. The second-order valence-corrected chi connectivity index (χ2v) is 2.57. The Bertz CT molecular complexity index is 282. The van der Waals surface area contributed by atoms with Crippen LogP contribution in [0.1, 0.15) is 18.6 Å². The van der Waals surface area contributed by atoms with E-state index in [1.807, 2.05) is 0 Å². The smallest absolute Gasteiger partial charge is 0.379 e. The van der Waals surface area contributed by atoms with Crippen LogP contribution >= 0.6 is 0 Å². The molecule has 1 heterocycles. The van der Waals surface area contributed by atoms with Gasteiger partial charge in [-0.1, -0.05) is 0 Å². The lowest BCUT2D eigenvalue weighted by atomic mass is 10.2. The van der Waals surface area contributed by atoms with Crippen LogP contribution in [0.5, 0.6) is 0 Å². The van der Waals surface area contributed by atoms with Crippen LogP contribution in [0.15, 0.2) is 12.4 Å². The predicted octanol–water partition coefficient (Wildman–Crippen LogP) is 1.50. The molecule has 1 rings (SSSR count). The van der Waals surface area contributed by atoms with Crippen LogP contribution < -0.4 is 0 Å². The maximum absolute atomic E-state index is 12.0. The fourth-order valence-corrected chi connectivity index (χ4v) is 0.883. The molecule has 1 N–H and O–H groups in total. The van der Waals surface area contributed by atoms with E-state index in [-0.39, 0.29) is 5.56 Å². The summed E-state index contributed by atoms with van der Waals surface area (Å²) in [6.07, 6.45) is -4.87. The highest BCUT2D eigenvalue weighted by Crippen LogP contribution is 2.31. The van der Waals surface area contributed by atoms with Crippen molar-refractivity contribution < 1.29 is 18.3 Å². The molecule has 3 nitrogen and oxygen atoms in total. The van der Waals surface area contributed by atoms with Gasteiger partial charge in [-0.05, 0) is 6.92 Å². The molecule has 74 valence electrons. The highest BCUT2D eigenvalue weighted by atomic mass is 19.4. The lowest BCUT2D eigenvalue weighted by molar-refractivity contribution is -0.206. The number of hydrogen-bond acceptors (Lipinski definition) is 2. The van der Waals surface area contributed by atoms with Gasteiger partial charge in [-0.15, -0.1) is 0 Å². The van der Waals surface area contributed by atoms with Gasteiger partial charge in [0.2, 0.25) is 0 Å². The summed E-state index contributed by atoms with van der Waals surface area (Å²) in [4.78, 5) is 0. The van der Waals surface area contributed by atoms with Gasteiger partial charge in [0.25, 0.3) is 0 Å². The molecule has 0 spiro atoms. The lowest BCUT2D eigenvalue weighted by Crippen LogP contribution is -2.19. The van der Waals surface area contributed by atoms with Crippen molar-refractivity contribution in [2.45, 2.75) is 25.7 Å². The first kappa shape index (κ1) is 10.0. The Morgan fingerprint density at radius 2 is 2.23 bits per heavy atom. The lowest BCUT2D eigenvalue weighted by Gasteiger charge is -2.11. The summed E-state index contributed by atoms with van der Waals surface area (Å²) in [5.41, 5.74) is -0.227. The normalized spacial score (nSPS) is 14.5. The Kier molecular flexibility index (Phi) is 2.60. The van der Waals surface area contributed by atoms with Crippen LogP contribution in [0.25, 0.3) is 0 Å². The van der Waals surface area contributed by atoms with Crippen LogP contribution in [0.2, 0.25) is 0 Å². The van der Waals surface area contributed by atoms with E-state index in [2.05, 4.69) is 5.10 Å². The topological polar surface area (TPSA) is 38.0 Å². The molecule has 1 aromatic heterocycles. The number of halogens is 3. The van der Waals surface area contributed by atoms with Gasteiger partial charge >= 0.3 is 6.18 Å². The fraction of sp³-hybridized carbons (Fsp3) is 0.571. The number of aliphatic hydroxyl groups excluding tert-OH is 1. The molecular weight excluding hydrogens is 185 g/mol. The summed E-state index contributed by atoms with van der Waals surface area (Å²) in [6.45, 7) is 2.22. The average molecular weight is 194 g/mol. The molecule has 0 aliphatic rings. The molecule has 0 aliphatic heterocycles. The Morgan fingerprint density at radius 1 is 1.62 bits per heavy atom. The van der Waals surface area contributed by atoms with Crippen LogP contribution in [0.4, 0.5) is 13.2 Å². The monoisotopic (exact) mass is 194 g/mol. The van der Waals surface area contributed by atoms with Crippen LogP contribution in [-0.4, -0.2) is 21.1 Å². The van der Waals surface area contributed by atoms with Gasteiger partial charge in [0.1, 0.15) is 0 Å². The van der Waals surface area contributed by atoms with E-state index in [1.165, 1.54) is 10.9 Å². The highest BCUT2D eigenvalue weighted by molar-refractivity contribution is 5.09. The molecule has 1 atom stereocenters. The van der Waals surface area contributed by atoms with Crippen molar-refractivity contribution >= 4 is 0 Å². The number of hydrogen-bond donors (Lipinski definition) is 1. The number of aryl methyl sites for hydroxylation is 1. The Balaban J connectivity index is 2.83. The molecule has 0 fully saturated rings. The second kappa shape index (κ2) is 3.37. The van der Waals surface area contributed by atoms with E-state index in [0.29, 0.717) is 6.54 Å². The van der Waals surface area contributed by atoms with Crippen molar-refractivity contribution in [3.63, 3.8) is 0 Å². The number of aromatic nitrogens is 2. The Labute approximate surface area is 72.8 Å². The number of alkyl halides is 3. The first-order valence-electron chi connectivity index (χ1n) is 3.72. The van der Waals surface area contributed by atoms with E-state index in [9.17, 15) is 13.2 Å². The number of rotatable bonds is 2. The molecule has 0 saturated heterocycles. The van der Waals surface area contributed by atoms with Crippen LogP contribution in [0, 0.1) is 0 Å². The minimum atomic E-state index is -4.62. The van der Waals surface area contributed by atoms with Gasteiger partial charge in [0.05, 0.1) is 6.20 Å². The summed E-state index contributed by atoms with van der Waals surface area (Å²) in [6, 6.07) is 0. The summed E-state index contributed by atoms with van der Waals surface area (Å²) in [5.74, 6) is 0. The third kappa shape index (κ3) is 2.21. The quantitative estimate of drug-likeness (QED) is 0.774. The van der Waals surface area contributed by atoms with Gasteiger partial charge in [-0.3, -0.25) is 4.68 Å². The van der Waals surface area contributed by atoms with E-state index >= 15 is 0 Å². The Morgan fingerprint density at radius 3 is 2.62 bits per heavy atom. The van der Waals surface area contributed by atoms with Gasteiger partial charge in [0.15, 0.2) is 6.10 Å². The van der Waals surface area contributed by atoms with Crippen molar-refractivity contribution in [3.8, 4) is 0 Å². The maximum Gasteiger partial charge on any atom is 0.418 e. The molecule has 0 bridgehead atoms. The molecule has 6 heteroatoms. The van der Waals surface area contributed by atoms with E-state index in [1.54, 1.807) is 6.92 Å². The molecule has 0 aromatic carbocycles. The van der Waals surface area contributed by atoms with Crippen molar-refractivity contribution in [3.05, 3.63) is 18.0 Å². The van der Waals surface area contributed by atoms with Gasteiger partial charge < -0.3 is 5.11 Å². The minimum absolute atomic E-state index is 0.227. The third-order valence-corrected chi connectivity index (χ3v) is 1.60. The zero-order chi connectivity index (χ0) is 10.1. The van der Waals surface area contributed by atoms with E-state index < -0.39 is 12.3 Å². The van der Waals surface area contributed by atoms with Gasteiger partial charge in [-0.25, -0.2) is 0 Å². The number of nitrogens with zero attached hydrogens (tertiary/aromatic N) is 2. The van der Waals surface area contributed by atoms with Crippen molar-refractivity contribution in [2.75, 3.05) is 0 Å². The number of aliphatic hydroxyl groups is 1. The zero-order valence-electron chi connectivity index (χ0n) is 6.91. The maximum atomic E-state index is 12.0. The Hall–Kier alpha value is -1.04. The summed E-state index contributed by atoms with van der Waals surface area (Å²) in [5, 5.41) is 12.4. The molecular formula is C7H9F3N2O. The second-order valence-electron chi connectivity index (χ2n) is 2.57. The molecule has 1 aromatic rings. The highest BCUT2D eigenvalue weighted by Gasteiger charge is 2.39. The standard InChI is InChI=1S/C7H9F3N2O/c1-2-12-4-5(3-11-12)6(13)7(8,9)10/h3-4,6,13H,2H2,1H3/t6-/m1/s1. The van der Waals surface area contributed by atoms with Crippen LogP contribution in [0.3, 0.4) is 0 Å². The largest absolute Gasteiger partial charge is 0.418 e. The summed E-state index contributed by atoms with van der Waals surface area (Å²) >= 11 is 0. The fourth-order valence-electron chi connectivity index (χ4n) is 0.883. The molecule has 0 unspecified atom stereocenters. The predicted molar refractivity (Wildman–Crippen MR) is 38.9 cm³/mol. The zero-order valence-corrected chi connectivity index (χ0v) is 6.91. The van der Waals surface area contributed by atoms with Crippen LogP contribution in [-0.2, 0) is 6.54 Å².